The Bertz CT molecular complexity index is 1150. The number of aromatic nitrogens is 1. The molecular weight excluding hydrogens is 400 g/mol. The van der Waals surface area contributed by atoms with Crippen LogP contribution in [0.3, 0.4) is 0 Å². The van der Waals surface area contributed by atoms with E-state index in [4.69, 9.17) is 0 Å². The molecule has 0 radical (unpaired) electrons. The lowest BCUT2D eigenvalue weighted by Crippen LogP contribution is -1.81. The summed E-state index contributed by atoms with van der Waals surface area (Å²) in [6.45, 7) is 2.09. The van der Waals surface area contributed by atoms with Gasteiger partial charge in [0.2, 0.25) is 0 Å². The van der Waals surface area contributed by atoms with Gasteiger partial charge in [-0.1, -0.05) is 59.8 Å². The van der Waals surface area contributed by atoms with E-state index in [1.807, 2.05) is 41.8 Å². The summed E-state index contributed by atoms with van der Waals surface area (Å²) in [5.41, 5.74) is 3.83. The molecule has 2 nitrogen and oxygen atoms in total. The zero-order valence-electron chi connectivity index (χ0n) is 15.1. The maximum absolute atomic E-state index is 9.64. The molecule has 5 heteroatoms. The van der Waals surface area contributed by atoms with Gasteiger partial charge in [0, 0.05) is 20.7 Å². The number of allylic oxidation sites excluding steroid dienone is 1. The number of thiazole rings is 1. The van der Waals surface area contributed by atoms with Crippen LogP contribution < -0.4 is 0 Å². The number of hydrogen-bond donors (Lipinski definition) is 0. The van der Waals surface area contributed by atoms with Gasteiger partial charge in [0.1, 0.15) is 11.1 Å². The van der Waals surface area contributed by atoms with E-state index in [1.54, 1.807) is 23.1 Å². The predicted octanol–water partition coefficient (Wildman–Crippen LogP) is 7.40. The van der Waals surface area contributed by atoms with Crippen LogP contribution in [0.2, 0.25) is 0 Å². The van der Waals surface area contributed by atoms with Crippen LogP contribution in [0.4, 0.5) is 0 Å². The zero-order valence-corrected chi connectivity index (χ0v) is 17.6. The Morgan fingerprint density at radius 3 is 2.57 bits per heavy atom. The van der Waals surface area contributed by atoms with E-state index in [1.165, 1.54) is 26.0 Å². The number of hydrogen-bond acceptors (Lipinski definition) is 5. The molecule has 0 saturated carbocycles. The van der Waals surface area contributed by atoms with Crippen molar-refractivity contribution in [3.05, 3.63) is 87.6 Å². The summed E-state index contributed by atoms with van der Waals surface area (Å²) in [7, 11) is 0. The highest BCUT2D eigenvalue weighted by atomic mass is 32.2. The molecule has 136 valence electrons. The van der Waals surface area contributed by atoms with Gasteiger partial charge in [-0.3, -0.25) is 0 Å². The van der Waals surface area contributed by atoms with E-state index in [-0.39, 0.29) is 0 Å². The Morgan fingerprint density at radius 2 is 1.82 bits per heavy atom. The fourth-order valence-electron chi connectivity index (χ4n) is 2.61. The number of aryl methyl sites for hydroxylation is 1. The molecular formula is C23H16N2S3. The molecule has 4 aromatic rings. The Kier molecular flexibility index (Phi) is 5.73. The molecule has 0 fully saturated rings. The predicted molar refractivity (Wildman–Crippen MR) is 121 cm³/mol. The van der Waals surface area contributed by atoms with Crippen LogP contribution in [-0.2, 0) is 0 Å². The largest absolute Gasteiger partial charge is 0.235 e. The SMILES string of the molecule is Cc1ccc(Sc2ccc(/C=C(\C#N)c3nc(-c4ccccc4)cs3)s2)cc1. The van der Waals surface area contributed by atoms with Crippen LogP contribution in [0.5, 0.6) is 0 Å². The summed E-state index contributed by atoms with van der Waals surface area (Å²) in [5.74, 6) is 0. The lowest BCUT2D eigenvalue weighted by Gasteiger charge is -1.98. The molecule has 0 aliphatic rings. The van der Waals surface area contributed by atoms with Gasteiger partial charge in [-0.15, -0.1) is 22.7 Å². The average Bonchev–Trinajstić information content (AvgIpc) is 3.38. The third-order valence-electron chi connectivity index (χ3n) is 4.05. The van der Waals surface area contributed by atoms with Crippen LogP contribution >= 0.6 is 34.4 Å². The molecule has 0 spiro atoms. The minimum Gasteiger partial charge on any atom is -0.235 e. The molecule has 2 heterocycles. The highest BCUT2D eigenvalue weighted by Gasteiger charge is 2.10. The van der Waals surface area contributed by atoms with Gasteiger partial charge in [0.05, 0.1) is 15.5 Å². The summed E-state index contributed by atoms with van der Waals surface area (Å²) >= 11 is 4.93. The molecule has 0 saturated heterocycles. The van der Waals surface area contributed by atoms with Gasteiger partial charge in [-0.2, -0.15) is 5.26 Å². The minimum absolute atomic E-state index is 0.598. The quantitative estimate of drug-likeness (QED) is 0.318. The van der Waals surface area contributed by atoms with E-state index in [2.05, 4.69) is 54.4 Å². The van der Waals surface area contributed by atoms with E-state index in [9.17, 15) is 5.26 Å². The van der Waals surface area contributed by atoms with Crippen LogP contribution in [0.25, 0.3) is 22.9 Å². The van der Waals surface area contributed by atoms with Gasteiger partial charge in [0.15, 0.2) is 0 Å². The minimum atomic E-state index is 0.598. The van der Waals surface area contributed by atoms with Crippen molar-refractivity contribution in [3.8, 4) is 17.3 Å². The smallest absolute Gasteiger partial charge is 0.134 e. The fourth-order valence-corrected chi connectivity index (χ4v) is 5.47. The molecule has 0 unspecified atom stereocenters. The Labute approximate surface area is 176 Å². The molecule has 4 rings (SSSR count). The highest BCUT2D eigenvalue weighted by molar-refractivity contribution is 8.01. The van der Waals surface area contributed by atoms with Crippen molar-refractivity contribution in [2.75, 3.05) is 0 Å². The summed E-state index contributed by atoms with van der Waals surface area (Å²) in [4.78, 5) is 6.93. The van der Waals surface area contributed by atoms with E-state index >= 15 is 0 Å². The van der Waals surface area contributed by atoms with Crippen LogP contribution in [0.1, 0.15) is 15.4 Å². The molecule has 0 aliphatic heterocycles. The van der Waals surface area contributed by atoms with Crippen molar-refractivity contribution < 1.29 is 0 Å². The molecule has 0 atom stereocenters. The molecule has 0 amide bonds. The molecule has 0 aliphatic carbocycles. The second-order valence-corrected chi connectivity index (χ2v) is 9.49. The van der Waals surface area contributed by atoms with E-state index < -0.39 is 0 Å². The number of nitrogens with zero attached hydrogens (tertiary/aromatic N) is 2. The first kappa shape index (κ1) is 18.7. The number of thiophene rings is 1. The second kappa shape index (κ2) is 8.57. The van der Waals surface area contributed by atoms with Crippen molar-refractivity contribution in [2.24, 2.45) is 0 Å². The summed E-state index contributed by atoms with van der Waals surface area (Å²) < 4.78 is 1.21. The number of benzene rings is 2. The molecule has 0 bridgehead atoms. The first-order chi connectivity index (χ1) is 13.7. The van der Waals surface area contributed by atoms with Crippen LogP contribution in [0, 0.1) is 18.3 Å². The van der Waals surface area contributed by atoms with Crippen molar-refractivity contribution >= 4 is 46.1 Å². The maximum Gasteiger partial charge on any atom is 0.134 e. The molecule has 2 aromatic carbocycles. The number of rotatable bonds is 5. The monoisotopic (exact) mass is 416 g/mol. The van der Waals surface area contributed by atoms with Gasteiger partial charge in [-0.05, 0) is 37.3 Å². The first-order valence-corrected chi connectivity index (χ1v) is 11.2. The highest BCUT2D eigenvalue weighted by Crippen LogP contribution is 2.35. The molecule has 28 heavy (non-hydrogen) atoms. The van der Waals surface area contributed by atoms with Gasteiger partial charge >= 0.3 is 0 Å². The third-order valence-corrected chi connectivity index (χ3v) is 7.10. The lowest BCUT2D eigenvalue weighted by atomic mass is 10.2. The second-order valence-electron chi connectivity index (χ2n) is 6.15. The maximum atomic E-state index is 9.64. The summed E-state index contributed by atoms with van der Waals surface area (Å²) in [6.07, 6.45) is 1.93. The number of nitriles is 1. The van der Waals surface area contributed by atoms with Gasteiger partial charge < -0.3 is 0 Å². The Hall–Kier alpha value is -2.65. The Morgan fingerprint density at radius 1 is 1.04 bits per heavy atom. The van der Waals surface area contributed by atoms with Gasteiger partial charge in [-0.25, -0.2) is 4.98 Å². The normalized spacial score (nSPS) is 11.4. The Balaban J connectivity index is 1.54. The average molecular weight is 417 g/mol. The first-order valence-electron chi connectivity index (χ1n) is 8.69. The van der Waals surface area contributed by atoms with Crippen molar-refractivity contribution in [3.63, 3.8) is 0 Å². The fraction of sp³-hybridized carbons (Fsp3) is 0.0435. The van der Waals surface area contributed by atoms with Crippen LogP contribution in [0.15, 0.2) is 81.2 Å². The van der Waals surface area contributed by atoms with E-state index in [0.717, 1.165) is 21.1 Å². The van der Waals surface area contributed by atoms with Crippen molar-refractivity contribution in [1.29, 1.82) is 5.26 Å². The van der Waals surface area contributed by atoms with E-state index in [0.29, 0.717) is 5.57 Å². The van der Waals surface area contributed by atoms with Crippen LogP contribution in [-0.4, -0.2) is 4.98 Å². The van der Waals surface area contributed by atoms with Gasteiger partial charge in [0.25, 0.3) is 0 Å². The zero-order chi connectivity index (χ0) is 19.3. The summed E-state index contributed by atoms with van der Waals surface area (Å²) in [6, 6.07) is 25.0. The lowest BCUT2D eigenvalue weighted by molar-refractivity contribution is 1.37. The summed E-state index contributed by atoms with van der Waals surface area (Å²) in [5, 5.41) is 12.4. The topological polar surface area (TPSA) is 36.7 Å². The van der Waals surface area contributed by atoms with Crippen molar-refractivity contribution in [2.45, 2.75) is 16.0 Å². The standard InChI is InChI=1S/C23H16N2S3/c1-16-7-9-19(10-8-16)27-22-12-11-20(28-22)13-18(14-24)23-25-21(15-26-23)17-5-3-2-4-6-17/h2-13,15H,1H3/b18-13+. The third kappa shape index (κ3) is 4.42. The molecule has 0 N–H and O–H groups in total. The molecule has 2 aromatic heterocycles. The van der Waals surface area contributed by atoms with Crippen molar-refractivity contribution in [1.82, 2.24) is 4.98 Å².